The van der Waals surface area contributed by atoms with Crippen LogP contribution in [0.25, 0.3) is 0 Å². The molecule has 0 heterocycles. The van der Waals surface area contributed by atoms with Crippen LogP contribution in [0, 0.1) is 11.8 Å². The van der Waals surface area contributed by atoms with Crippen LogP contribution < -0.4 is 29.6 Å². The molecule has 0 saturated carbocycles. The zero-order chi connectivity index (χ0) is 2.00. The topological polar surface area (TPSA) is 23.8 Å². The molecule has 0 N–H and O–H groups in total. The van der Waals surface area contributed by atoms with Crippen LogP contribution in [0.5, 0.6) is 0 Å². The fourth-order valence-electron chi connectivity index (χ4n) is 0. The maximum Gasteiger partial charge on any atom is 1.00 e. The van der Waals surface area contributed by atoms with Gasteiger partial charge in [0.2, 0.25) is 0 Å². The van der Waals surface area contributed by atoms with Crippen LogP contribution in [-0.2, 0) is 51.2 Å². The Hall–Kier alpha value is 2.05. The average molecular weight is 216 g/mol. The van der Waals surface area contributed by atoms with Crippen LogP contribution in [-0.4, -0.2) is 0 Å². The van der Waals surface area contributed by atoms with Gasteiger partial charge in [0.25, 0.3) is 0 Å². The predicted molar refractivity (Wildman–Crippen MR) is 6.08 cm³/mol. The second kappa shape index (κ2) is 61.5. The van der Waals surface area contributed by atoms with E-state index in [2.05, 4.69) is 0 Å². The van der Waals surface area contributed by atoms with Crippen molar-refractivity contribution in [3.05, 3.63) is 6.57 Å². The van der Waals surface area contributed by atoms with Crippen molar-refractivity contribution in [1.82, 2.24) is 0 Å². The summed E-state index contributed by atoms with van der Waals surface area (Å²) in [6.45, 7) is 4.75. The zero-order valence-electron chi connectivity index (χ0n) is 4.06. The molecule has 0 bridgehead atoms. The van der Waals surface area contributed by atoms with Crippen molar-refractivity contribution in [3.8, 4) is 0 Å². The predicted octanol–water partition coefficient (Wildman–Crippen LogP) is -2.79. The molecule has 0 saturated heterocycles. The smallest absolute Gasteiger partial charge is 1.00 e. The quantitative estimate of drug-likeness (QED) is 0.317. The summed E-state index contributed by atoms with van der Waals surface area (Å²) < 4.78 is 0. The van der Waals surface area contributed by atoms with Gasteiger partial charge in [0.05, 0.1) is 0 Å². The SMILES string of the molecule is [C-]#N.[Fe].[H-].[Mn].[Mn].[Na+]. The Morgan fingerprint density at radius 2 is 1.17 bits per heavy atom. The van der Waals surface area contributed by atoms with Gasteiger partial charge in [0.1, 0.15) is 0 Å². The van der Waals surface area contributed by atoms with Crippen LogP contribution in [0.15, 0.2) is 0 Å². The molecule has 0 atom stereocenters. The molecule has 0 aromatic heterocycles. The molecular formula is CHFeMn2NNa-. The fraction of sp³-hybridized carbons (Fsp3) is 0. The Morgan fingerprint density at radius 1 is 1.17 bits per heavy atom. The van der Waals surface area contributed by atoms with Crippen LogP contribution >= 0.6 is 0 Å². The van der Waals surface area contributed by atoms with Gasteiger partial charge in [-0.15, -0.1) is 0 Å². The minimum Gasteiger partial charge on any atom is -1.00 e. The summed E-state index contributed by atoms with van der Waals surface area (Å²) in [6.07, 6.45) is 0. The summed E-state index contributed by atoms with van der Waals surface area (Å²) in [5.41, 5.74) is 0. The molecule has 0 amide bonds. The van der Waals surface area contributed by atoms with E-state index in [4.69, 9.17) is 11.8 Å². The first kappa shape index (κ1) is 43.0. The van der Waals surface area contributed by atoms with Gasteiger partial charge in [0.15, 0.2) is 0 Å². The summed E-state index contributed by atoms with van der Waals surface area (Å²) in [4.78, 5) is 0. The van der Waals surface area contributed by atoms with Crippen molar-refractivity contribution in [2.24, 2.45) is 0 Å². The molecule has 0 spiro atoms. The first-order valence-corrected chi connectivity index (χ1v) is 0.224. The van der Waals surface area contributed by atoms with Gasteiger partial charge in [-0.3, -0.25) is 0 Å². The molecular weight excluding hydrogens is 215 g/mol. The maximum absolute atomic E-state index is 6.25. The summed E-state index contributed by atoms with van der Waals surface area (Å²) in [5.74, 6) is 0. The zero-order valence-corrected chi connectivity index (χ0v) is 8.52. The second-order valence-electron chi connectivity index (χ2n) is 0. The fourth-order valence-corrected chi connectivity index (χ4v) is 0. The maximum atomic E-state index is 6.25. The molecule has 2 radical (unpaired) electrons. The van der Waals surface area contributed by atoms with Crippen molar-refractivity contribution in [2.75, 3.05) is 0 Å². The van der Waals surface area contributed by atoms with Crippen LogP contribution in [0.4, 0.5) is 0 Å². The number of hydrogen-bond acceptors (Lipinski definition) is 1. The minimum atomic E-state index is 0. The van der Waals surface area contributed by atoms with E-state index in [1.807, 2.05) is 0 Å². The van der Waals surface area contributed by atoms with Crippen LogP contribution in [0.3, 0.4) is 0 Å². The Bertz CT molecular complexity index is 22.4. The van der Waals surface area contributed by atoms with Gasteiger partial charge in [-0.25, -0.2) is 0 Å². The number of hydrogen-bond donors (Lipinski definition) is 0. The van der Waals surface area contributed by atoms with Gasteiger partial charge in [0, 0.05) is 51.2 Å². The summed E-state index contributed by atoms with van der Waals surface area (Å²) in [5, 5.41) is 6.25. The molecule has 0 aromatic carbocycles. The van der Waals surface area contributed by atoms with Crippen LogP contribution in [0.2, 0.25) is 0 Å². The monoisotopic (exact) mass is 216 g/mol. The first-order chi connectivity index (χ1) is 1.00. The van der Waals surface area contributed by atoms with Gasteiger partial charge < -0.3 is 13.3 Å². The van der Waals surface area contributed by atoms with Crippen molar-refractivity contribution in [3.63, 3.8) is 0 Å². The number of rotatable bonds is 0. The molecule has 0 unspecified atom stereocenters. The minimum absolute atomic E-state index is 0. The van der Waals surface area contributed by atoms with E-state index < -0.39 is 0 Å². The Morgan fingerprint density at radius 3 is 1.17 bits per heavy atom. The Kier molecular flexibility index (Phi) is 441. The van der Waals surface area contributed by atoms with Gasteiger partial charge in [-0.2, -0.15) is 0 Å². The summed E-state index contributed by atoms with van der Waals surface area (Å²) in [6, 6.07) is 0. The Balaban J connectivity index is -0.000000000500. The molecule has 5 heteroatoms. The van der Waals surface area contributed by atoms with Crippen molar-refractivity contribution in [2.45, 2.75) is 0 Å². The molecule has 0 rings (SSSR count). The third-order valence-corrected chi connectivity index (χ3v) is 0. The molecule has 0 aromatic rings. The third-order valence-electron chi connectivity index (χ3n) is 0. The molecule has 0 aliphatic carbocycles. The molecule has 34 valence electrons. The van der Waals surface area contributed by atoms with E-state index >= 15 is 0 Å². The van der Waals surface area contributed by atoms with E-state index in [1.165, 1.54) is 0 Å². The summed E-state index contributed by atoms with van der Waals surface area (Å²) in [7, 11) is 0. The van der Waals surface area contributed by atoms with Gasteiger partial charge in [-0.1, -0.05) is 0 Å². The van der Waals surface area contributed by atoms with Crippen molar-refractivity contribution >= 4 is 0 Å². The molecule has 0 fully saturated rings. The first-order valence-electron chi connectivity index (χ1n) is 0.224. The average Bonchev–Trinajstić information content (AvgIpc) is 1.00. The van der Waals surface area contributed by atoms with E-state index in [1.54, 1.807) is 0 Å². The van der Waals surface area contributed by atoms with E-state index in [9.17, 15) is 0 Å². The summed E-state index contributed by atoms with van der Waals surface area (Å²) >= 11 is 0. The van der Waals surface area contributed by atoms with Gasteiger partial charge in [-0.05, 0) is 0 Å². The molecule has 0 aliphatic heterocycles. The molecule has 1 nitrogen and oxygen atoms in total. The molecule has 6 heavy (non-hydrogen) atoms. The molecule has 0 aliphatic rings. The van der Waals surface area contributed by atoms with E-state index in [0.29, 0.717) is 0 Å². The largest absolute Gasteiger partial charge is 1.00 e. The standard InChI is InChI=1S/CN.Fe.2Mn.Na.H/c1-2;;;;;/q-1;;;;+1;-1. The Labute approximate surface area is 92.8 Å². The van der Waals surface area contributed by atoms with E-state index in [-0.39, 0.29) is 82.2 Å². The van der Waals surface area contributed by atoms with Crippen LogP contribution in [0.1, 0.15) is 1.43 Å². The van der Waals surface area contributed by atoms with Crippen molar-refractivity contribution < 1.29 is 82.2 Å². The second-order valence-corrected chi connectivity index (χ2v) is 0. The van der Waals surface area contributed by atoms with Gasteiger partial charge >= 0.3 is 29.6 Å². The number of nitrogens with zero attached hydrogens (tertiary/aromatic N) is 1. The normalized spacial score (nSPS) is 0.333. The third kappa shape index (κ3) is 36.7. The van der Waals surface area contributed by atoms with E-state index in [0.717, 1.165) is 0 Å². The van der Waals surface area contributed by atoms with Crippen molar-refractivity contribution in [1.29, 1.82) is 5.26 Å².